The van der Waals surface area contributed by atoms with Gasteiger partial charge in [0.1, 0.15) is 23.0 Å². The molecule has 6 aromatic rings. The molecule has 0 saturated heterocycles. The fourth-order valence-electron chi connectivity index (χ4n) is 6.85. The normalized spacial score (nSPS) is 12.3. The molecule has 0 aliphatic rings. The van der Waals surface area contributed by atoms with Crippen molar-refractivity contribution in [2.75, 3.05) is 7.11 Å². The highest BCUT2D eigenvalue weighted by Crippen LogP contribution is 2.34. The fraction of sp³-hybridized carbons (Fsp3) is 0.259. The molecule has 0 radical (unpaired) electrons. The number of carbonyl (C=O) groups excluding carboxylic acids is 3. The van der Waals surface area contributed by atoms with Gasteiger partial charge in [0.25, 0.3) is 0 Å². The summed E-state index contributed by atoms with van der Waals surface area (Å²) < 4.78 is 29.7. The lowest BCUT2D eigenvalue weighted by Crippen LogP contribution is -2.45. The van der Waals surface area contributed by atoms with E-state index >= 15 is 0 Å². The molecule has 10 heteroatoms. The van der Waals surface area contributed by atoms with Crippen LogP contribution in [0, 0.1) is 0 Å². The monoisotopic (exact) mass is 860 g/mol. The molecular weight excluding hydrogens is 805 g/mol. The third-order valence-electron chi connectivity index (χ3n) is 9.72. The first-order chi connectivity index (χ1) is 30.6. The number of nitrogens with one attached hydrogen (secondary N) is 1. The van der Waals surface area contributed by atoms with E-state index in [1.807, 2.05) is 166 Å². The lowest BCUT2D eigenvalue weighted by Gasteiger charge is -2.25. The Morgan fingerprint density at radius 2 is 1.06 bits per heavy atom. The minimum Gasteiger partial charge on any atom is -0.493 e. The Labute approximate surface area is 376 Å². The van der Waals surface area contributed by atoms with E-state index < -0.39 is 47.4 Å². The van der Waals surface area contributed by atoms with Gasteiger partial charge in [-0.3, -0.25) is 4.99 Å². The second-order valence-electron chi connectivity index (χ2n) is 17.2. The molecule has 0 aliphatic heterocycles. The van der Waals surface area contributed by atoms with E-state index in [-0.39, 0.29) is 12.8 Å². The third-order valence-corrected chi connectivity index (χ3v) is 9.72. The molecule has 6 rings (SSSR count). The maximum absolute atomic E-state index is 14.1. The highest BCUT2D eigenvalue weighted by molar-refractivity contribution is 6.13. The topological polar surface area (TPSA) is 122 Å². The number of methoxy groups -OCH3 is 1. The Morgan fingerprint density at radius 1 is 0.562 bits per heavy atom. The van der Waals surface area contributed by atoms with Crippen LogP contribution in [0.3, 0.4) is 0 Å². The van der Waals surface area contributed by atoms with Gasteiger partial charge in [-0.1, -0.05) is 140 Å². The highest BCUT2D eigenvalue weighted by atomic mass is 16.6. The number of benzene rings is 6. The molecule has 330 valence electrons. The minimum absolute atomic E-state index is 0.0498. The van der Waals surface area contributed by atoms with Crippen molar-refractivity contribution in [1.82, 2.24) is 5.32 Å². The van der Waals surface area contributed by atoms with Gasteiger partial charge >= 0.3 is 18.0 Å². The quantitative estimate of drug-likeness (QED) is 0.0580. The Morgan fingerprint density at radius 3 is 1.56 bits per heavy atom. The predicted octanol–water partition coefficient (Wildman–Crippen LogP) is 11.0. The Balaban J connectivity index is 1.25. The maximum atomic E-state index is 14.1. The van der Waals surface area contributed by atoms with Crippen LogP contribution in [0.4, 0.5) is 4.79 Å². The van der Waals surface area contributed by atoms with E-state index in [0.717, 1.165) is 27.8 Å². The molecule has 0 bridgehead atoms. The van der Waals surface area contributed by atoms with Crippen LogP contribution in [0.15, 0.2) is 169 Å². The minimum atomic E-state index is -1.13. The predicted molar refractivity (Wildman–Crippen MR) is 249 cm³/mol. The second-order valence-corrected chi connectivity index (χ2v) is 17.2. The van der Waals surface area contributed by atoms with Gasteiger partial charge in [-0.15, -0.1) is 0 Å². The summed E-state index contributed by atoms with van der Waals surface area (Å²) in [6, 6.07) is 49.2. The van der Waals surface area contributed by atoms with Crippen LogP contribution in [0.25, 0.3) is 0 Å². The Hall–Kier alpha value is -7.20. The van der Waals surface area contributed by atoms with Crippen LogP contribution in [-0.4, -0.2) is 54.1 Å². The number of hydrogen-bond acceptors (Lipinski definition) is 9. The SMILES string of the molecule is COc1ccc(C[C@H](NC(=O)OC(C)(C)C)C(=O)OC(c2ccccc2)c2ccccc2)cc1Oc1ccc(C[C@H](N=C(c2ccccc2)c2ccccc2)C(=O)OC(C)(C)C)cc1. The molecule has 0 heterocycles. The van der Waals surface area contributed by atoms with Crippen molar-refractivity contribution in [2.24, 2.45) is 4.99 Å². The van der Waals surface area contributed by atoms with Gasteiger partial charge in [-0.25, -0.2) is 14.4 Å². The van der Waals surface area contributed by atoms with Gasteiger partial charge < -0.3 is 29.0 Å². The summed E-state index contributed by atoms with van der Waals surface area (Å²) in [7, 11) is 1.54. The number of aliphatic imine (C=N–C) groups is 1. The van der Waals surface area contributed by atoms with Gasteiger partial charge in [0.2, 0.25) is 0 Å². The number of rotatable bonds is 16. The number of esters is 2. The van der Waals surface area contributed by atoms with Crippen LogP contribution in [0.1, 0.15) is 81.0 Å². The van der Waals surface area contributed by atoms with Gasteiger partial charge in [0, 0.05) is 24.0 Å². The van der Waals surface area contributed by atoms with Crippen molar-refractivity contribution >= 4 is 23.7 Å². The zero-order chi connectivity index (χ0) is 45.7. The first-order valence-corrected chi connectivity index (χ1v) is 21.3. The number of amides is 1. The van der Waals surface area contributed by atoms with Crippen molar-refractivity contribution in [3.8, 4) is 17.2 Å². The van der Waals surface area contributed by atoms with Crippen LogP contribution in [0.2, 0.25) is 0 Å². The summed E-state index contributed by atoms with van der Waals surface area (Å²) in [5.41, 5.74) is 4.00. The number of ether oxygens (including phenoxy) is 5. The summed E-state index contributed by atoms with van der Waals surface area (Å²) >= 11 is 0. The highest BCUT2D eigenvalue weighted by Gasteiger charge is 2.30. The molecule has 1 amide bonds. The van der Waals surface area contributed by atoms with E-state index in [0.29, 0.717) is 28.5 Å². The summed E-state index contributed by atoms with van der Waals surface area (Å²) in [4.78, 5) is 46.1. The lowest BCUT2D eigenvalue weighted by molar-refractivity contribution is -0.156. The van der Waals surface area contributed by atoms with Crippen LogP contribution in [-0.2, 0) is 36.6 Å². The smallest absolute Gasteiger partial charge is 0.408 e. The largest absolute Gasteiger partial charge is 0.493 e. The zero-order valence-electron chi connectivity index (χ0n) is 37.4. The molecule has 1 N–H and O–H groups in total. The first-order valence-electron chi connectivity index (χ1n) is 21.3. The van der Waals surface area contributed by atoms with Crippen molar-refractivity contribution < 1.29 is 38.1 Å². The molecule has 0 aliphatic carbocycles. The molecule has 0 spiro atoms. The van der Waals surface area contributed by atoms with E-state index in [1.165, 1.54) is 0 Å². The standard InChI is InChI=1S/C54H56N2O8/c1-53(2,3)63-51(58)45(55-48(39-20-12-8-13-21-39)40-22-14-9-15-23-40)34-37-28-31-43(32-29-37)61-47-36-38(30-33-46(47)60-7)35-44(56-52(59)64-54(4,5)6)50(57)62-49(41-24-16-10-17-25-41)42-26-18-11-19-27-42/h8-33,36,44-45,49H,34-35H2,1-7H3,(H,56,59)/t44-,45-/m0/s1. The van der Waals surface area contributed by atoms with E-state index in [2.05, 4.69) is 5.32 Å². The molecular formula is C54H56N2O8. The molecule has 10 nitrogen and oxygen atoms in total. The second kappa shape index (κ2) is 21.3. The average molecular weight is 861 g/mol. The van der Waals surface area contributed by atoms with Gasteiger partial charge in [0.05, 0.1) is 12.8 Å². The summed E-state index contributed by atoms with van der Waals surface area (Å²) in [5.74, 6) is 0.259. The van der Waals surface area contributed by atoms with E-state index in [4.69, 9.17) is 28.7 Å². The van der Waals surface area contributed by atoms with Crippen molar-refractivity contribution in [3.05, 3.63) is 197 Å². The number of hydrogen-bond donors (Lipinski definition) is 1. The third kappa shape index (κ3) is 13.6. The number of nitrogens with zero attached hydrogens (tertiary/aromatic N) is 1. The molecule has 0 aromatic heterocycles. The molecule has 2 atom stereocenters. The molecule has 0 unspecified atom stereocenters. The summed E-state index contributed by atoms with van der Waals surface area (Å²) in [6.07, 6.45) is -1.16. The molecule has 0 saturated carbocycles. The molecule has 64 heavy (non-hydrogen) atoms. The van der Waals surface area contributed by atoms with Crippen LogP contribution >= 0.6 is 0 Å². The van der Waals surface area contributed by atoms with Gasteiger partial charge in [-0.2, -0.15) is 0 Å². The first kappa shape index (κ1) is 46.3. The number of carbonyl (C=O) groups is 3. The van der Waals surface area contributed by atoms with Crippen LogP contribution in [0.5, 0.6) is 17.2 Å². The van der Waals surface area contributed by atoms with E-state index in [1.54, 1.807) is 46.1 Å². The van der Waals surface area contributed by atoms with Crippen LogP contribution < -0.4 is 14.8 Å². The average Bonchev–Trinajstić information content (AvgIpc) is 3.27. The summed E-state index contributed by atoms with van der Waals surface area (Å²) in [6.45, 7) is 10.8. The lowest BCUT2D eigenvalue weighted by atomic mass is 10.0. The van der Waals surface area contributed by atoms with Crippen molar-refractivity contribution in [1.29, 1.82) is 0 Å². The van der Waals surface area contributed by atoms with Crippen molar-refractivity contribution in [2.45, 2.75) is 83.8 Å². The molecule has 0 fully saturated rings. The van der Waals surface area contributed by atoms with Gasteiger partial charge in [0.15, 0.2) is 23.6 Å². The van der Waals surface area contributed by atoms with E-state index in [9.17, 15) is 14.4 Å². The van der Waals surface area contributed by atoms with Gasteiger partial charge in [-0.05, 0) is 88.1 Å². The summed E-state index contributed by atoms with van der Waals surface area (Å²) in [5, 5.41) is 2.75. The maximum Gasteiger partial charge on any atom is 0.408 e. The Bertz CT molecular complexity index is 2400. The zero-order valence-corrected chi connectivity index (χ0v) is 37.4. The van der Waals surface area contributed by atoms with Crippen molar-refractivity contribution in [3.63, 3.8) is 0 Å². The number of alkyl carbamates (subject to hydrolysis) is 1. The fourth-order valence-corrected chi connectivity index (χ4v) is 6.85. The Kier molecular flexibility index (Phi) is 15.4. The molecule has 6 aromatic carbocycles.